The molecule has 17 heavy (non-hydrogen) atoms. The summed E-state index contributed by atoms with van der Waals surface area (Å²) >= 11 is 0. The van der Waals surface area contributed by atoms with E-state index in [9.17, 15) is 5.11 Å². The van der Waals surface area contributed by atoms with Crippen LogP contribution in [-0.2, 0) is 4.74 Å². The highest BCUT2D eigenvalue weighted by atomic mass is 16.5. The van der Waals surface area contributed by atoms with E-state index in [4.69, 9.17) is 4.74 Å². The molecule has 0 aromatic heterocycles. The fourth-order valence-electron chi connectivity index (χ4n) is 1.79. The van der Waals surface area contributed by atoms with Gasteiger partial charge < -0.3 is 15.2 Å². The van der Waals surface area contributed by atoms with Gasteiger partial charge in [-0.15, -0.1) is 0 Å². The largest absolute Gasteiger partial charge is 0.389 e. The summed E-state index contributed by atoms with van der Waals surface area (Å²) in [6, 6.07) is 14.4. The molecule has 2 rings (SSSR count). The topological polar surface area (TPSA) is 41.5 Å². The van der Waals surface area contributed by atoms with Crippen molar-refractivity contribution in [1.82, 2.24) is 0 Å². The number of aliphatic hydroxyl groups excluding tert-OH is 1. The van der Waals surface area contributed by atoms with Crippen LogP contribution < -0.4 is 5.32 Å². The van der Waals surface area contributed by atoms with Crippen molar-refractivity contribution in [2.24, 2.45) is 0 Å². The average molecular weight is 231 g/mol. The first kappa shape index (κ1) is 11.9. The van der Waals surface area contributed by atoms with Crippen LogP contribution in [-0.4, -0.2) is 31.5 Å². The third-order valence-electron chi connectivity index (χ3n) is 2.65. The standard InChI is InChI=1S/C14H17NO2/c1-17-10-14(16)9-15-13-7-6-11-4-2-3-5-12(11)8-13/h2-8,14-16H,9-10H2,1H3. The zero-order valence-electron chi connectivity index (χ0n) is 9.89. The smallest absolute Gasteiger partial charge is 0.0945 e. The average Bonchev–Trinajstić information content (AvgIpc) is 2.36. The Labute approximate surface area is 101 Å². The summed E-state index contributed by atoms with van der Waals surface area (Å²) in [5.74, 6) is 0. The zero-order chi connectivity index (χ0) is 12.1. The molecule has 2 aromatic rings. The second-order valence-electron chi connectivity index (χ2n) is 4.05. The first-order chi connectivity index (χ1) is 8.29. The van der Waals surface area contributed by atoms with E-state index >= 15 is 0 Å². The highest BCUT2D eigenvalue weighted by Gasteiger charge is 2.02. The van der Waals surface area contributed by atoms with E-state index in [-0.39, 0.29) is 0 Å². The number of anilines is 1. The fourth-order valence-corrected chi connectivity index (χ4v) is 1.79. The summed E-state index contributed by atoms with van der Waals surface area (Å²) in [7, 11) is 1.58. The van der Waals surface area contributed by atoms with Gasteiger partial charge in [-0.25, -0.2) is 0 Å². The Balaban J connectivity index is 2.04. The van der Waals surface area contributed by atoms with Gasteiger partial charge in [-0.05, 0) is 22.9 Å². The monoisotopic (exact) mass is 231 g/mol. The van der Waals surface area contributed by atoms with Crippen LogP contribution in [0, 0.1) is 0 Å². The summed E-state index contributed by atoms with van der Waals surface area (Å²) in [5.41, 5.74) is 1.01. The van der Waals surface area contributed by atoms with Crippen LogP contribution in [0.3, 0.4) is 0 Å². The van der Waals surface area contributed by atoms with Crippen molar-refractivity contribution < 1.29 is 9.84 Å². The summed E-state index contributed by atoms with van der Waals surface area (Å²) in [6.07, 6.45) is -0.480. The number of hydrogen-bond donors (Lipinski definition) is 2. The minimum atomic E-state index is -0.480. The molecule has 0 aliphatic heterocycles. The Morgan fingerprint density at radius 2 is 1.94 bits per heavy atom. The van der Waals surface area contributed by atoms with Gasteiger partial charge in [0.1, 0.15) is 0 Å². The van der Waals surface area contributed by atoms with E-state index < -0.39 is 6.10 Å². The van der Waals surface area contributed by atoms with Gasteiger partial charge in [0.2, 0.25) is 0 Å². The van der Waals surface area contributed by atoms with Crippen LogP contribution in [0.5, 0.6) is 0 Å². The van der Waals surface area contributed by atoms with Crippen LogP contribution in [0.2, 0.25) is 0 Å². The molecule has 2 aromatic carbocycles. The lowest BCUT2D eigenvalue weighted by molar-refractivity contribution is 0.0727. The van der Waals surface area contributed by atoms with Gasteiger partial charge in [0.25, 0.3) is 0 Å². The molecule has 3 heteroatoms. The van der Waals surface area contributed by atoms with E-state index in [2.05, 4.69) is 29.6 Å². The molecule has 0 aliphatic carbocycles. The molecule has 0 fully saturated rings. The normalized spacial score (nSPS) is 12.6. The number of hydrogen-bond acceptors (Lipinski definition) is 3. The third-order valence-corrected chi connectivity index (χ3v) is 2.65. The molecule has 2 N–H and O–H groups in total. The van der Waals surface area contributed by atoms with Crippen molar-refractivity contribution in [3.63, 3.8) is 0 Å². The SMILES string of the molecule is COCC(O)CNc1ccc2ccccc2c1. The number of fused-ring (bicyclic) bond motifs is 1. The summed E-state index contributed by atoms with van der Waals surface area (Å²) in [6.45, 7) is 0.840. The Morgan fingerprint density at radius 1 is 1.18 bits per heavy atom. The Hall–Kier alpha value is -1.58. The number of nitrogens with one attached hydrogen (secondary N) is 1. The molecule has 0 saturated carbocycles. The number of rotatable bonds is 5. The van der Waals surface area contributed by atoms with E-state index in [0.717, 1.165) is 5.69 Å². The number of methoxy groups -OCH3 is 1. The Kier molecular flexibility index (Phi) is 3.96. The minimum absolute atomic E-state index is 0.348. The molecule has 0 aliphatic rings. The molecule has 0 bridgehead atoms. The van der Waals surface area contributed by atoms with Gasteiger partial charge in [0, 0.05) is 19.3 Å². The maximum atomic E-state index is 9.54. The molecule has 0 spiro atoms. The van der Waals surface area contributed by atoms with Gasteiger partial charge in [-0.3, -0.25) is 0 Å². The van der Waals surface area contributed by atoms with Crippen molar-refractivity contribution in [2.45, 2.75) is 6.10 Å². The predicted octanol–water partition coefficient (Wildman–Crippen LogP) is 2.26. The van der Waals surface area contributed by atoms with Crippen LogP contribution in [0.4, 0.5) is 5.69 Å². The van der Waals surface area contributed by atoms with Crippen molar-refractivity contribution in [2.75, 3.05) is 25.6 Å². The molecule has 0 amide bonds. The summed E-state index contributed by atoms with van der Waals surface area (Å²) in [4.78, 5) is 0. The van der Waals surface area contributed by atoms with Gasteiger partial charge >= 0.3 is 0 Å². The maximum Gasteiger partial charge on any atom is 0.0945 e. The Morgan fingerprint density at radius 3 is 2.71 bits per heavy atom. The van der Waals surface area contributed by atoms with Gasteiger partial charge in [0.15, 0.2) is 0 Å². The van der Waals surface area contributed by atoms with Crippen LogP contribution in [0.15, 0.2) is 42.5 Å². The first-order valence-electron chi connectivity index (χ1n) is 5.69. The van der Waals surface area contributed by atoms with Crippen LogP contribution in [0.1, 0.15) is 0 Å². The highest BCUT2D eigenvalue weighted by Crippen LogP contribution is 2.18. The van der Waals surface area contributed by atoms with Crippen LogP contribution >= 0.6 is 0 Å². The van der Waals surface area contributed by atoms with Gasteiger partial charge in [0.05, 0.1) is 12.7 Å². The zero-order valence-corrected chi connectivity index (χ0v) is 9.89. The fraction of sp³-hybridized carbons (Fsp3) is 0.286. The summed E-state index contributed by atoms with van der Waals surface area (Å²) < 4.78 is 4.87. The molecule has 0 heterocycles. The van der Waals surface area contributed by atoms with Crippen molar-refractivity contribution in [3.05, 3.63) is 42.5 Å². The van der Waals surface area contributed by atoms with Crippen molar-refractivity contribution in [3.8, 4) is 0 Å². The first-order valence-corrected chi connectivity index (χ1v) is 5.69. The molecule has 0 radical (unpaired) electrons. The minimum Gasteiger partial charge on any atom is -0.389 e. The quantitative estimate of drug-likeness (QED) is 0.829. The van der Waals surface area contributed by atoms with Crippen molar-refractivity contribution >= 4 is 16.5 Å². The predicted molar refractivity (Wildman–Crippen MR) is 70.3 cm³/mol. The third kappa shape index (κ3) is 3.19. The van der Waals surface area contributed by atoms with E-state index in [1.54, 1.807) is 7.11 Å². The molecule has 3 nitrogen and oxygen atoms in total. The Bertz CT molecular complexity index is 484. The molecular formula is C14H17NO2. The number of aliphatic hydroxyl groups is 1. The maximum absolute atomic E-state index is 9.54. The molecule has 1 unspecified atom stereocenters. The van der Waals surface area contributed by atoms with Crippen LogP contribution in [0.25, 0.3) is 10.8 Å². The van der Waals surface area contributed by atoms with E-state index in [1.807, 2.05) is 18.2 Å². The number of ether oxygens (including phenoxy) is 1. The highest BCUT2D eigenvalue weighted by molar-refractivity contribution is 5.85. The molecule has 90 valence electrons. The molecule has 0 saturated heterocycles. The molecular weight excluding hydrogens is 214 g/mol. The lowest BCUT2D eigenvalue weighted by Crippen LogP contribution is -2.24. The van der Waals surface area contributed by atoms with Gasteiger partial charge in [-0.2, -0.15) is 0 Å². The number of benzene rings is 2. The van der Waals surface area contributed by atoms with E-state index in [1.165, 1.54) is 10.8 Å². The lowest BCUT2D eigenvalue weighted by Gasteiger charge is -2.12. The van der Waals surface area contributed by atoms with E-state index in [0.29, 0.717) is 13.2 Å². The lowest BCUT2D eigenvalue weighted by atomic mass is 10.1. The second-order valence-corrected chi connectivity index (χ2v) is 4.05. The summed E-state index contributed by atoms with van der Waals surface area (Å²) in [5, 5.41) is 15.1. The van der Waals surface area contributed by atoms with Crippen molar-refractivity contribution in [1.29, 1.82) is 0 Å². The van der Waals surface area contributed by atoms with Gasteiger partial charge in [-0.1, -0.05) is 30.3 Å². The molecule has 1 atom stereocenters. The second kappa shape index (κ2) is 5.66.